The van der Waals surface area contributed by atoms with Crippen molar-refractivity contribution in [2.24, 2.45) is 0 Å². The van der Waals surface area contributed by atoms with Gasteiger partial charge in [0, 0.05) is 18.6 Å². The Morgan fingerprint density at radius 2 is 1.39 bits per heavy atom. The predicted octanol–water partition coefficient (Wildman–Crippen LogP) is 2.90. The summed E-state index contributed by atoms with van der Waals surface area (Å²) in [4.78, 5) is 10.7. The molecular weight excluding hydrogens is 232 g/mol. The quantitative estimate of drug-likeness (QED) is 0.592. The molecule has 0 spiro atoms. The van der Waals surface area contributed by atoms with Crippen molar-refractivity contribution in [3.63, 3.8) is 0 Å². The molecule has 18 heavy (non-hydrogen) atoms. The lowest BCUT2D eigenvalue weighted by atomic mass is 10.2. The standard InChI is InChI=1S/C8H16O2.2C3H8O/c1-3-5-6-7-8(9)10-4-2;2*1-3(2)4/h3-7H2,1-2H3;2*3-4H,1-2H3. The van der Waals surface area contributed by atoms with Crippen molar-refractivity contribution in [2.45, 2.75) is 79.4 Å². The Labute approximate surface area is 112 Å². The minimum atomic E-state index is -0.167. The van der Waals surface area contributed by atoms with Gasteiger partial charge in [0.2, 0.25) is 0 Å². The Morgan fingerprint density at radius 1 is 1.00 bits per heavy atom. The topological polar surface area (TPSA) is 66.8 Å². The molecule has 0 bridgehead atoms. The Kier molecular flexibility index (Phi) is 23.5. The molecule has 4 heteroatoms. The van der Waals surface area contributed by atoms with E-state index in [2.05, 4.69) is 6.92 Å². The molecule has 0 aromatic carbocycles. The average Bonchev–Trinajstić information content (AvgIpc) is 2.16. The molecule has 0 unspecified atom stereocenters. The van der Waals surface area contributed by atoms with Crippen LogP contribution >= 0.6 is 0 Å². The van der Waals surface area contributed by atoms with Crippen LogP contribution in [0.1, 0.15) is 67.2 Å². The smallest absolute Gasteiger partial charge is 0.305 e. The second-order valence-corrected chi connectivity index (χ2v) is 4.45. The molecule has 0 rings (SSSR count). The van der Waals surface area contributed by atoms with E-state index in [0.717, 1.165) is 19.3 Å². The molecule has 2 N–H and O–H groups in total. The summed E-state index contributed by atoms with van der Waals surface area (Å²) in [5.41, 5.74) is 0. The molecule has 4 nitrogen and oxygen atoms in total. The number of carbonyl (C=O) groups excluding carboxylic acids is 1. The molecule has 0 aromatic heterocycles. The average molecular weight is 264 g/mol. The van der Waals surface area contributed by atoms with Crippen molar-refractivity contribution >= 4 is 5.97 Å². The van der Waals surface area contributed by atoms with Gasteiger partial charge in [-0.1, -0.05) is 19.8 Å². The highest BCUT2D eigenvalue weighted by atomic mass is 16.5. The molecule has 0 saturated carbocycles. The first-order chi connectivity index (χ1) is 8.27. The molecule has 0 heterocycles. The fraction of sp³-hybridized carbons (Fsp3) is 0.929. The normalized spacial score (nSPS) is 9.22. The highest BCUT2D eigenvalue weighted by molar-refractivity contribution is 5.69. The molecule has 112 valence electrons. The summed E-state index contributed by atoms with van der Waals surface area (Å²) in [6, 6.07) is 0. The van der Waals surface area contributed by atoms with Crippen molar-refractivity contribution in [1.29, 1.82) is 0 Å². The van der Waals surface area contributed by atoms with E-state index in [0.29, 0.717) is 13.0 Å². The lowest BCUT2D eigenvalue weighted by Crippen LogP contribution is -2.02. The number of rotatable bonds is 5. The van der Waals surface area contributed by atoms with Gasteiger partial charge < -0.3 is 14.9 Å². The van der Waals surface area contributed by atoms with Crippen LogP contribution in [0, 0.1) is 0 Å². The Hall–Kier alpha value is -0.610. The van der Waals surface area contributed by atoms with Gasteiger partial charge in [-0.3, -0.25) is 4.79 Å². The zero-order valence-electron chi connectivity index (χ0n) is 12.9. The highest BCUT2D eigenvalue weighted by Crippen LogP contribution is 1.99. The van der Waals surface area contributed by atoms with E-state index in [1.807, 2.05) is 6.92 Å². The lowest BCUT2D eigenvalue weighted by molar-refractivity contribution is -0.143. The minimum absolute atomic E-state index is 0.0593. The van der Waals surface area contributed by atoms with Gasteiger partial charge in [0.15, 0.2) is 0 Å². The van der Waals surface area contributed by atoms with Crippen molar-refractivity contribution < 1.29 is 19.7 Å². The molecule has 0 aliphatic rings. The van der Waals surface area contributed by atoms with Gasteiger partial charge in [-0.25, -0.2) is 0 Å². The fourth-order valence-corrected chi connectivity index (χ4v) is 0.752. The number of esters is 1. The van der Waals surface area contributed by atoms with Gasteiger partial charge >= 0.3 is 5.97 Å². The zero-order chi connectivity index (χ0) is 15.0. The summed E-state index contributed by atoms with van der Waals surface area (Å²) in [7, 11) is 0. The Bertz CT molecular complexity index is 144. The van der Waals surface area contributed by atoms with Crippen LogP contribution < -0.4 is 0 Å². The maximum absolute atomic E-state index is 10.7. The summed E-state index contributed by atoms with van der Waals surface area (Å²) < 4.78 is 4.75. The first-order valence-electron chi connectivity index (χ1n) is 6.79. The number of hydrogen-bond acceptors (Lipinski definition) is 4. The van der Waals surface area contributed by atoms with E-state index in [1.54, 1.807) is 27.7 Å². The van der Waals surface area contributed by atoms with Crippen LogP contribution in [0.3, 0.4) is 0 Å². The Morgan fingerprint density at radius 3 is 1.67 bits per heavy atom. The molecule has 0 amide bonds. The van der Waals surface area contributed by atoms with E-state index in [1.165, 1.54) is 0 Å². The van der Waals surface area contributed by atoms with Crippen LogP contribution in [0.4, 0.5) is 0 Å². The molecule has 0 radical (unpaired) electrons. The number of ether oxygens (including phenoxy) is 1. The number of hydrogen-bond donors (Lipinski definition) is 2. The molecule has 0 fully saturated rings. The third-order valence-corrected chi connectivity index (χ3v) is 1.29. The van der Waals surface area contributed by atoms with Crippen molar-refractivity contribution in [3.05, 3.63) is 0 Å². The fourth-order valence-electron chi connectivity index (χ4n) is 0.752. The van der Waals surface area contributed by atoms with Crippen LogP contribution in [0.5, 0.6) is 0 Å². The lowest BCUT2D eigenvalue weighted by Gasteiger charge is -1.99. The first kappa shape index (κ1) is 22.6. The molecule has 0 saturated heterocycles. The van der Waals surface area contributed by atoms with E-state index < -0.39 is 0 Å². The molecule has 0 aliphatic heterocycles. The first-order valence-corrected chi connectivity index (χ1v) is 6.79. The van der Waals surface area contributed by atoms with Gasteiger partial charge in [0.05, 0.1) is 6.61 Å². The largest absolute Gasteiger partial charge is 0.466 e. The van der Waals surface area contributed by atoms with E-state index in [4.69, 9.17) is 14.9 Å². The number of aliphatic hydroxyl groups is 2. The SMILES string of the molecule is CC(C)O.CC(C)O.CCCCCC(=O)OCC. The summed E-state index contributed by atoms with van der Waals surface area (Å²) >= 11 is 0. The van der Waals surface area contributed by atoms with Crippen LogP contribution in [0.25, 0.3) is 0 Å². The van der Waals surface area contributed by atoms with Gasteiger partial charge in [0.1, 0.15) is 0 Å². The number of carbonyl (C=O) groups is 1. The van der Waals surface area contributed by atoms with Gasteiger partial charge in [0.25, 0.3) is 0 Å². The van der Waals surface area contributed by atoms with Crippen molar-refractivity contribution in [1.82, 2.24) is 0 Å². The summed E-state index contributed by atoms with van der Waals surface area (Å²) in [5.74, 6) is -0.0593. The zero-order valence-corrected chi connectivity index (χ0v) is 12.9. The van der Waals surface area contributed by atoms with Crippen molar-refractivity contribution in [2.75, 3.05) is 6.61 Å². The Balaban J connectivity index is -0.000000233. The third kappa shape index (κ3) is 58.4. The maximum atomic E-state index is 10.7. The third-order valence-electron chi connectivity index (χ3n) is 1.29. The minimum Gasteiger partial charge on any atom is -0.466 e. The monoisotopic (exact) mass is 264 g/mol. The second kappa shape index (κ2) is 18.7. The summed E-state index contributed by atoms with van der Waals surface area (Å²) in [6.07, 6.45) is 3.50. The molecular formula is C14H32O4. The maximum Gasteiger partial charge on any atom is 0.305 e. The number of unbranched alkanes of at least 4 members (excludes halogenated alkanes) is 2. The van der Waals surface area contributed by atoms with Crippen LogP contribution in [0.15, 0.2) is 0 Å². The predicted molar refractivity (Wildman–Crippen MR) is 75.5 cm³/mol. The van der Waals surface area contributed by atoms with Crippen molar-refractivity contribution in [3.8, 4) is 0 Å². The van der Waals surface area contributed by atoms with Crippen LogP contribution in [-0.2, 0) is 9.53 Å². The van der Waals surface area contributed by atoms with Crippen LogP contribution in [0.2, 0.25) is 0 Å². The summed E-state index contributed by atoms with van der Waals surface area (Å²) in [5, 5.41) is 16.1. The second-order valence-electron chi connectivity index (χ2n) is 4.45. The number of aliphatic hydroxyl groups excluding tert-OH is 2. The molecule has 0 atom stereocenters. The summed E-state index contributed by atoms with van der Waals surface area (Å²) in [6.45, 7) is 11.3. The highest BCUT2D eigenvalue weighted by Gasteiger charge is 1.98. The van der Waals surface area contributed by atoms with Gasteiger partial charge in [-0.2, -0.15) is 0 Å². The van der Waals surface area contributed by atoms with E-state index in [-0.39, 0.29) is 18.2 Å². The van der Waals surface area contributed by atoms with Crippen LogP contribution in [-0.4, -0.2) is 35.0 Å². The van der Waals surface area contributed by atoms with Gasteiger partial charge in [-0.15, -0.1) is 0 Å². The van der Waals surface area contributed by atoms with E-state index >= 15 is 0 Å². The molecule has 0 aromatic rings. The van der Waals surface area contributed by atoms with E-state index in [9.17, 15) is 4.79 Å². The molecule has 0 aliphatic carbocycles. The van der Waals surface area contributed by atoms with Gasteiger partial charge in [-0.05, 0) is 41.0 Å².